The Morgan fingerprint density at radius 2 is 1.68 bits per heavy atom. The second-order valence-corrected chi connectivity index (χ2v) is 6.80. The minimum atomic E-state index is -4.45. The lowest BCUT2D eigenvalue weighted by atomic mass is 9.96. The number of benzene rings is 2. The van der Waals surface area contributed by atoms with Crippen LogP contribution in [-0.2, 0) is 6.18 Å². The largest absolute Gasteiger partial charge is 0.490 e. The number of alkyl halides is 3. The molecule has 0 saturated carbocycles. The van der Waals surface area contributed by atoms with Gasteiger partial charge in [-0.3, -0.25) is 0 Å². The van der Waals surface area contributed by atoms with Gasteiger partial charge < -0.3 is 9.84 Å². The van der Waals surface area contributed by atoms with Crippen LogP contribution in [0.5, 0.6) is 5.75 Å². The molecule has 2 aromatic carbocycles. The molecule has 134 valence electrons. The molecule has 2 unspecified atom stereocenters. The van der Waals surface area contributed by atoms with Gasteiger partial charge in [0.1, 0.15) is 5.82 Å². The molecule has 1 N–H and O–H groups in total. The maximum atomic E-state index is 14.2. The smallest absolute Gasteiger partial charge is 0.416 e. The van der Waals surface area contributed by atoms with Gasteiger partial charge >= 0.3 is 6.18 Å². The molecule has 2 nitrogen and oxygen atoms in total. The summed E-state index contributed by atoms with van der Waals surface area (Å²) in [6.45, 7) is -0.337. The van der Waals surface area contributed by atoms with Crippen molar-refractivity contribution in [2.75, 3.05) is 13.2 Å². The highest BCUT2D eigenvalue weighted by Crippen LogP contribution is 2.49. The van der Waals surface area contributed by atoms with Gasteiger partial charge in [-0.05, 0) is 36.4 Å². The molecule has 2 aromatic rings. The molecular formula is C17H13F5O2S. The van der Waals surface area contributed by atoms with Gasteiger partial charge in [0.2, 0.25) is 0 Å². The summed E-state index contributed by atoms with van der Waals surface area (Å²) in [4.78, 5) is 0.452. The zero-order valence-electron chi connectivity index (χ0n) is 12.7. The van der Waals surface area contributed by atoms with Gasteiger partial charge in [0, 0.05) is 21.6 Å². The van der Waals surface area contributed by atoms with E-state index in [-0.39, 0.29) is 24.5 Å². The van der Waals surface area contributed by atoms with E-state index in [1.807, 2.05) is 0 Å². The zero-order chi connectivity index (χ0) is 18.2. The lowest BCUT2D eigenvalue weighted by Crippen LogP contribution is -2.28. The molecule has 0 spiro atoms. The van der Waals surface area contributed by atoms with E-state index in [0.717, 1.165) is 36.0 Å². The topological polar surface area (TPSA) is 29.5 Å². The Bertz CT molecular complexity index is 761. The van der Waals surface area contributed by atoms with Crippen LogP contribution >= 0.6 is 11.8 Å². The predicted octanol–water partition coefficient (Wildman–Crippen LogP) is 4.82. The molecule has 0 radical (unpaired) electrons. The van der Waals surface area contributed by atoms with Crippen LogP contribution in [0, 0.1) is 17.6 Å². The van der Waals surface area contributed by atoms with Crippen molar-refractivity contribution in [3.63, 3.8) is 0 Å². The van der Waals surface area contributed by atoms with Crippen LogP contribution in [0.3, 0.4) is 0 Å². The molecule has 1 heterocycles. The first-order valence-corrected chi connectivity index (χ1v) is 8.24. The molecule has 1 aliphatic rings. The van der Waals surface area contributed by atoms with Gasteiger partial charge in [0.25, 0.3) is 0 Å². The molecule has 0 amide bonds. The van der Waals surface area contributed by atoms with E-state index in [9.17, 15) is 27.1 Å². The number of aliphatic hydroxyl groups excluding tert-OH is 1. The molecule has 2 atom stereocenters. The third kappa shape index (κ3) is 3.59. The van der Waals surface area contributed by atoms with Gasteiger partial charge in [-0.25, -0.2) is 8.78 Å². The number of rotatable bonds is 3. The third-order valence-electron chi connectivity index (χ3n) is 3.93. The van der Waals surface area contributed by atoms with Crippen LogP contribution in [0.25, 0.3) is 0 Å². The monoisotopic (exact) mass is 376 g/mol. The zero-order valence-corrected chi connectivity index (χ0v) is 13.5. The van der Waals surface area contributed by atoms with Crippen molar-refractivity contribution in [1.82, 2.24) is 0 Å². The summed E-state index contributed by atoms with van der Waals surface area (Å²) in [7, 11) is 0. The first-order chi connectivity index (χ1) is 11.8. The highest BCUT2D eigenvalue weighted by molar-refractivity contribution is 7.99. The van der Waals surface area contributed by atoms with Crippen molar-refractivity contribution in [2.24, 2.45) is 5.92 Å². The molecule has 0 aliphatic carbocycles. The fourth-order valence-corrected chi connectivity index (χ4v) is 3.93. The van der Waals surface area contributed by atoms with Crippen LogP contribution < -0.4 is 4.74 Å². The van der Waals surface area contributed by atoms with Crippen molar-refractivity contribution in [2.45, 2.75) is 16.3 Å². The summed E-state index contributed by atoms with van der Waals surface area (Å²) in [5.74, 6) is -2.13. The van der Waals surface area contributed by atoms with E-state index in [1.165, 1.54) is 12.1 Å². The highest BCUT2D eigenvalue weighted by Gasteiger charge is 2.36. The molecule has 3 rings (SSSR count). The second kappa shape index (κ2) is 6.84. The van der Waals surface area contributed by atoms with E-state index >= 15 is 0 Å². The number of ether oxygens (including phenoxy) is 1. The fraction of sp³-hybridized carbons (Fsp3) is 0.294. The molecule has 8 heteroatoms. The van der Waals surface area contributed by atoms with Crippen LogP contribution in [0.15, 0.2) is 41.3 Å². The van der Waals surface area contributed by atoms with Gasteiger partial charge in [0.05, 0.1) is 18.8 Å². The average Bonchev–Trinajstić information content (AvgIpc) is 2.58. The molecule has 1 aliphatic heterocycles. The SMILES string of the molecule is OCC1COc2c(F)ccc(F)c2C1Sc1ccc(C(F)(F)F)cc1. The van der Waals surface area contributed by atoms with Crippen molar-refractivity contribution in [1.29, 1.82) is 0 Å². The normalized spacial score (nSPS) is 20.1. The van der Waals surface area contributed by atoms with Gasteiger partial charge in [-0.1, -0.05) is 0 Å². The number of hydrogen-bond donors (Lipinski definition) is 1. The molecular weight excluding hydrogens is 363 g/mol. The summed E-state index contributed by atoms with van der Waals surface area (Å²) in [5.41, 5.74) is -0.810. The minimum Gasteiger partial charge on any atom is -0.490 e. The minimum absolute atomic E-state index is 0.0117. The van der Waals surface area contributed by atoms with E-state index in [1.54, 1.807) is 0 Å². The Labute approximate surface area is 144 Å². The van der Waals surface area contributed by atoms with Crippen LogP contribution in [0.1, 0.15) is 16.4 Å². The van der Waals surface area contributed by atoms with E-state index in [4.69, 9.17) is 4.74 Å². The molecule has 0 saturated heterocycles. The summed E-state index contributed by atoms with van der Waals surface area (Å²) < 4.78 is 71.3. The van der Waals surface area contributed by atoms with Gasteiger partial charge in [-0.15, -0.1) is 11.8 Å². The van der Waals surface area contributed by atoms with Crippen molar-refractivity contribution in [3.05, 3.63) is 59.2 Å². The van der Waals surface area contributed by atoms with Crippen molar-refractivity contribution >= 4 is 11.8 Å². The standard InChI is InChI=1S/C17H13F5O2S/c18-12-5-6-13(19)15-14(12)16(9(7-23)8-24-15)25-11-3-1-10(2-4-11)17(20,21)22/h1-6,9,16,23H,7-8H2. The quantitative estimate of drug-likeness (QED) is 0.779. The molecule has 0 aromatic heterocycles. The van der Waals surface area contributed by atoms with E-state index < -0.39 is 34.5 Å². The summed E-state index contributed by atoms with van der Waals surface area (Å²) >= 11 is 1.07. The first-order valence-electron chi connectivity index (χ1n) is 7.36. The average molecular weight is 376 g/mol. The number of halogens is 5. The molecule has 0 bridgehead atoms. The summed E-state index contributed by atoms with van der Waals surface area (Å²) in [6.07, 6.45) is -4.45. The van der Waals surface area contributed by atoms with Crippen molar-refractivity contribution < 1.29 is 31.8 Å². The first kappa shape index (κ1) is 18.0. The summed E-state index contributed by atoms with van der Waals surface area (Å²) in [6, 6.07) is 6.32. The molecule has 0 fully saturated rings. The predicted molar refractivity (Wildman–Crippen MR) is 82.5 cm³/mol. The Morgan fingerprint density at radius 3 is 2.28 bits per heavy atom. The summed E-state index contributed by atoms with van der Waals surface area (Å²) in [5, 5.41) is 8.84. The second-order valence-electron chi connectivity index (χ2n) is 5.59. The number of thioether (sulfide) groups is 1. The van der Waals surface area contributed by atoms with Gasteiger partial charge in [0.15, 0.2) is 11.6 Å². The van der Waals surface area contributed by atoms with E-state index in [2.05, 4.69) is 0 Å². The Hall–Kier alpha value is -1.80. The van der Waals surface area contributed by atoms with Crippen LogP contribution in [0.4, 0.5) is 22.0 Å². The Kier molecular flexibility index (Phi) is 4.92. The Morgan fingerprint density at radius 1 is 1.04 bits per heavy atom. The fourth-order valence-electron chi connectivity index (χ4n) is 2.65. The molecule has 25 heavy (non-hydrogen) atoms. The number of hydrogen-bond acceptors (Lipinski definition) is 3. The van der Waals surface area contributed by atoms with Crippen molar-refractivity contribution in [3.8, 4) is 5.75 Å². The maximum Gasteiger partial charge on any atom is 0.416 e. The van der Waals surface area contributed by atoms with Crippen LogP contribution in [0.2, 0.25) is 0 Å². The number of aliphatic hydroxyl groups is 1. The van der Waals surface area contributed by atoms with Gasteiger partial charge in [-0.2, -0.15) is 13.2 Å². The number of fused-ring (bicyclic) bond motifs is 1. The lowest BCUT2D eigenvalue weighted by Gasteiger charge is -2.32. The lowest BCUT2D eigenvalue weighted by molar-refractivity contribution is -0.137. The highest BCUT2D eigenvalue weighted by atomic mass is 32.2. The van der Waals surface area contributed by atoms with Crippen LogP contribution in [-0.4, -0.2) is 18.3 Å². The Balaban J connectivity index is 1.94. The van der Waals surface area contributed by atoms with E-state index in [0.29, 0.717) is 4.90 Å². The third-order valence-corrected chi connectivity index (χ3v) is 5.35. The maximum absolute atomic E-state index is 14.2.